The van der Waals surface area contributed by atoms with E-state index in [0.717, 1.165) is 4.31 Å². The van der Waals surface area contributed by atoms with E-state index in [9.17, 15) is 33.0 Å². The summed E-state index contributed by atoms with van der Waals surface area (Å²) in [6.45, 7) is 1.41. The van der Waals surface area contributed by atoms with Gasteiger partial charge in [0.15, 0.2) is 4.21 Å². The van der Waals surface area contributed by atoms with Crippen LogP contribution in [-0.2, 0) is 10.0 Å². The van der Waals surface area contributed by atoms with Gasteiger partial charge in [0.05, 0.1) is 5.56 Å². The second-order valence-electron chi connectivity index (χ2n) is 6.53. The van der Waals surface area contributed by atoms with Gasteiger partial charge >= 0.3 is 11.9 Å². The summed E-state index contributed by atoms with van der Waals surface area (Å²) in [6, 6.07) is 6.33. The number of carbonyl (C=O) groups is 3. The van der Waals surface area contributed by atoms with E-state index >= 15 is 0 Å². The maximum atomic E-state index is 13.0. The van der Waals surface area contributed by atoms with Crippen molar-refractivity contribution in [1.29, 1.82) is 0 Å². The number of thiophene rings is 1. The predicted octanol–water partition coefficient (Wildman–Crippen LogP) is 2.25. The second kappa shape index (κ2) is 8.34. The van der Waals surface area contributed by atoms with E-state index in [4.69, 9.17) is 11.6 Å². The molecule has 0 bridgehead atoms. The minimum absolute atomic E-state index is 0.0416. The van der Waals surface area contributed by atoms with Crippen LogP contribution < -0.4 is 0 Å². The number of piperazine rings is 1. The van der Waals surface area contributed by atoms with Gasteiger partial charge in [-0.3, -0.25) is 4.79 Å². The lowest BCUT2D eigenvalue weighted by molar-refractivity contribution is 0.0690. The average molecular weight is 473 g/mol. The van der Waals surface area contributed by atoms with Crippen molar-refractivity contribution in [3.8, 4) is 0 Å². The van der Waals surface area contributed by atoms with Gasteiger partial charge in [-0.15, -0.1) is 11.3 Å². The van der Waals surface area contributed by atoms with E-state index in [1.165, 1.54) is 11.8 Å². The molecule has 0 radical (unpaired) electrons. The first-order valence-corrected chi connectivity index (χ1v) is 11.3. The Morgan fingerprint density at radius 1 is 1.00 bits per heavy atom. The van der Waals surface area contributed by atoms with Crippen LogP contribution in [0.3, 0.4) is 0 Å². The second-order valence-corrected chi connectivity index (χ2v) is 10.1. The number of nitrogens with zero attached hydrogens (tertiary/aromatic N) is 2. The van der Waals surface area contributed by atoms with Crippen LogP contribution in [-0.4, -0.2) is 71.9 Å². The van der Waals surface area contributed by atoms with E-state index in [-0.39, 0.29) is 42.5 Å². The number of carboxylic acids is 2. The van der Waals surface area contributed by atoms with Crippen LogP contribution in [0.2, 0.25) is 5.02 Å². The van der Waals surface area contributed by atoms with E-state index in [0.29, 0.717) is 21.9 Å². The number of carbonyl (C=O) groups excluding carboxylic acids is 1. The van der Waals surface area contributed by atoms with E-state index in [1.54, 1.807) is 24.3 Å². The van der Waals surface area contributed by atoms with Crippen LogP contribution in [0, 0.1) is 6.92 Å². The number of benzene rings is 1. The standard InChI is InChI=1S/C18H17ClN2O7S2/c1-10-13(16(23)24)18(29-14(10)17(25)26)30(27,28)21-8-6-20(7-9-21)15(22)11-2-4-12(19)5-3-11/h2-5H,6-9H2,1H3,(H,23,24)(H,25,26). The van der Waals surface area contributed by atoms with Crippen LogP contribution in [0.4, 0.5) is 0 Å². The molecule has 1 aliphatic heterocycles. The molecule has 1 fully saturated rings. The Kier molecular flexibility index (Phi) is 6.18. The monoisotopic (exact) mass is 472 g/mol. The Morgan fingerprint density at radius 3 is 2.07 bits per heavy atom. The molecule has 1 aromatic carbocycles. The lowest BCUT2D eigenvalue weighted by Gasteiger charge is -2.33. The minimum atomic E-state index is -4.24. The van der Waals surface area contributed by atoms with Crippen molar-refractivity contribution in [3.05, 3.63) is 50.9 Å². The third-order valence-electron chi connectivity index (χ3n) is 4.71. The van der Waals surface area contributed by atoms with Gasteiger partial charge in [-0.1, -0.05) is 11.6 Å². The highest BCUT2D eigenvalue weighted by Crippen LogP contribution is 2.34. The molecule has 2 heterocycles. The van der Waals surface area contributed by atoms with Gasteiger partial charge in [0.1, 0.15) is 4.88 Å². The summed E-state index contributed by atoms with van der Waals surface area (Å²) in [5, 5.41) is 19.2. The molecule has 12 heteroatoms. The number of carboxylic acid groups (broad SMARTS) is 2. The summed E-state index contributed by atoms with van der Waals surface area (Å²) in [5.74, 6) is -3.17. The summed E-state index contributed by atoms with van der Waals surface area (Å²) >= 11 is 6.25. The zero-order chi connectivity index (χ0) is 22.2. The first-order valence-electron chi connectivity index (χ1n) is 8.69. The number of rotatable bonds is 5. The Morgan fingerprint density at radius 2 is 1.57 bits per heavy atom. The molecular weight excluding hydrogens is 456 g/mol. The molecular formula is C18H17ClN2O7S2. The minimum Gasteiger partial charge on any atom is -0.478 e. The van der Waals surface area contributed by atoms with Crippen molar-refractivity contribution in [3.63, 3.8) is 0 Å². The van der Waals surface area contributed by atoms with Crippen LogP contribution in [0.5, 0.6) is 0 Å². The molecule has 1 amide bonds. The SMILES string of the molecule is Cc1c(C(=O)O)sc(S(=O)(=O)N2CCN(C(=O)c3ccc(Cl)cc3)CC2)c1C(=O)O. The Labute approximate surface area is 181 Å². The van der Waals surface area contributed by atoms with Crippen LogP contribution in [0.15, 0.2) is 28.5 Å². The van der Waals surface area contributed by atoms with Gasteiger partial charge in [0.25, 0.3) is 15.9 Å². The Balaban J connectivity index is 1.82. The summed E-state index contributed by atoms with van der Waals surface area (Å²) in [7, 11) is -4.24. The molecule has 1 saturated heterocycles. The van der Waals surface area contributed by atoms with Crippen molar-refractivity contribution in [1.82, 2.24) is 9.21 Å². The summed E-state index contributed by atoms with van der Waals surface area (Å²) in [6.07, 6.45) is 0. The van der Waals surface area contributed by atoms with Crippen molar-refractivity contribution in [2.24, 2.45) is 0 Å². The first-order chi connectivity index (χ1) is 14.0. The van der Waals surface area contributed by atoms with Crippen molar-refractivity contribution < 1.29 is 33.0 Å². The van der Waals surface area contributed by atoms with Crippen LogP contribution in [0.25, 0.3) is 0 Å². The molecule has 0 atom stereocenters. The number of hydrogen-bond acceptors (Lipinski definition) is 6. The molecule has 0 aliphatic carbocycles. The maximum Gasteiger partial charge on any atom is 0.346 e. The van der Waals surface area contributed by atoms with Crippen LogP contribution >= 0.6 is 22.9 Å². The quantitative estimate of drug-likeness (QED) is 0.681. The molecule has 0 spiro atoms. The number of hydrogen-bond donors (Lipinski definition) is 2. The summed E-state index contributed by atoms with van der Waals surface area (Å²) in [5.41, 5.74) is -0.212. The van der Waals surface area contributed by atoms with Crippen molar-refractivity contribution >= 4 is 50.8 Å². The van der Waals surface area contributed by atoms with Gasteiger partial charge in [0, 0.05) is 36.8 Å². The van der Waals surface area contributed by atoms with Crippen molar-refractivity contribution in [2.75, 3.05) is 26.2 Å². The first kappa shape index (κ1) is 22.2. The smallest absolute Gasteiger partial charge is 0.346 e. The molecule has 160 valence electrons. The van der Waals surface area contributed by atoms with Gasteiger partial charge in [-0.25, -0.2) is 18.0 Å². The molecule has 0 saturated carbocycles. The fourth-order valence-corrected chi connectivity index (χ4v) is 6.50. The van der Waals surface area contributed by atoms with E-state index in [1.807, 2.05) is 0 Å². The molecule has 2 aromatic rings. The maximum absolute atomic E-state index is 13.0. The number of sulfonamides is 1. The van der Waals surface area contributed by atoms with Gasteiger partial charge in [-0.2, -0.15) is 4.31 Å². The molecule has 1 aliphatic rings. The largest absolute Gasteiger partial charge is 0.478 e. The number of aromatic carboxylic acids is 2. The average Bonchev–Trinajstić information content (AvgIpc) is 3.06. The summed E-state index contributed by atoms with van der Waals surface area (Å²) in [4.78, 5) is 36.7. The molecule has 1 aromatic heterocycles. The Hall–Kier alpha value is -2.47. The van der Waals surface area contributed by atoms with Gasteiger partial charge < -0.3 is 15.1 Å². The fourth-order valence-electron chi connectivity index (χ4n) is 3.14. The highest BCUT2D eigenvalue weighted by molar-refractivity contribution is 7.91. The van der Waals surface area contributed by atoms with E-state index < -0.39 is 31.7 Å². The lowest BCUT2D eigenvalue weighted by Crippen LogP contribution is -2.50. The molecule has 0 unspecified atom stereocenters. The fraction of sp³-hybridized carbons (Fsp3) is 0.278. The number of amides is 1. The zero-order valence-electron chi connectivity index (χ0n) is 15.7. The predicted molar refractivity (Wildman–Crippen MR) is 109 cm³/mol. The molecule has 3 rings (SSSR count). The van der Waals surface area contributed by atoms with Gasteiger partial charge in [-0.05, 0) is 36.8 Å². The van der Waals surface area contributed by atoms with Crippen molar-refractivity contribution in [2.45, 2.75) is 11.1 Å². The molecule has 2 N–H and O–H groups in total. The van der Waals surface area contributed by atoms with Crippen LogP contribution in [0.1, 0.15) is 36.0 Å². The van der Waals surface area contributed by atoms with E-state index in [2.05, 4.69) is 0 Å². The topological polar surface area (TPSA) is 132 Å². The lowest BCUT2D eigenvalue weighted by atomic mass is 10.2. The molecule has 9 nitrogen and oxygen atoms in total. The third kappa shape index (κ3) is 4.06. The highest BCUT2D eigenvalue weighted by atomic mass is 35.5. The summed E-state index contributed by atoms with van der Waals surface area (Å²) < 4.78 is 26.7. The highest BCUT2D eigenvalue weighted by Gasteiger charge is 2.37. The zero-order valence-corrected chi connectivity index (χ0v) is 18.1. The Bertz CT molecular complexity index is 1120. The third-order valence-corrected chi connectivity index (χ3v) is 8.64. The normalized spacial score (nSPS) is 15.2. The number of halogens is 1. The van der Waals surface area contributed by atoms with Gasteiger partial charge in [0.2, 0.25) is 0 Å². The molecule has 30 heavy (non-hydrogen) atoms.